The molecule has 2 rings (SSSR count). The van der Waals surface area contributed by atoms with E-state index in [-0.39, 0.29) is 0 Å². The average molecular weight is 334 g/mol. The second-order valence-corrected chi connectivity index (χ2v) is 5.96. The Balaban J connectivity index is 2.81. The fraction of sp³-hybridized carbons (Fsp3) is 0.273. The van der Waals surface area contributed by atoms with E-state index >= 15 is 0 Å². The number of thiophene rings is 1. The van der Waals surface area contributed by atoms with Crippen molar-refractivity contribution in [1.29, 1.82) is 0 Å². The molecule has 0 amide bonds. The van der Waals surface area contributed by atoms with Crippen molar-refractivity contribution in [2.24, 2.45) is 0 Å². The first kappa shape index (κ1) is 10.8. The topological polar surface area (TPSA) is 0 Å². The molecule has 2 aromatic rings. The summed E-state index contributed by atoms with van der Waals surface area (Å²) in [5, 5.41) is 3.78. The van der Waals surface area contributed by atoms with Gasteiger partial charge in [-0.15, -0.1) is 23.1 Å². The summed E-state index contributed by atoms with van der Waals surface area (Å²) in [7, 11) is 0. The van der Waals surface area contributed by atoms with Crippen LogP contribution in [0.1, 0.15) is 12.5 Å². The fourth-order valence-corrected chi connectivity index (χ4v) is 4.53. The number of hydrogen-bond acceptors (Lipinski definition) is 2. The summed E-state index contributed by atoms with van der Waals surface area (Å²) >= 11 is 6.14. The largest absolute Gasteiger partial charge is 0.143 e. The first-order valence-electron chi connectivity index (χ1n) is 4.50. The van der Waals surface area contributed by atoms with Crippen molar-refractivity contribution < 1.29 is 0 Å². The van der Waals surface area contributed by atoms with Crippen molar-refractivity contribution in [3.63, 3.8) is 0 Å². The van der Waals surface area contributed by atoms with Crippen molar-refractivity contribution in [3.05, 3.63) is 26.6 Å². The normalized spacial score (nSPS) is 11.1. The van der Waals surface area contributed by atoms with Crippen LogP contribution in [-0.2, 0) is 6.42 Å². The maximum absolute atomic E-state index is 2.42. The van der Waals surface area contributed by atoms with Crippen LogP contribution < -0.4 is 0 Å². The first-order chi connectivity index (χ1) is 6.77. The van der Waals surface area contributed by atoms with E-state index in [4.69, 9.17) is 0 Å². The third-order valence-electron chi connectivity index (χ3n) is 2.31. The molecule has 14 heavy (non-hydrogen) atoms. The van der Waals surface area contributed by atoms with E-state index in [2.05, 4.69) is 53.3 Å². The molecule has 0 saturated carbocycles. The summed E-state index contributed by atoms with van der Waals surface area (Å²) in [6.07, 6.45) is 3.29. The molecule has 0 aliphatic heterocycles. The van der Waals surface area contributed by atoms with E-state index in [1.54, 1.807) is 0 Å². The van der Waals surface area contributed by atoms with Gasteiger partial charge < -0.3 is 0 Å². The minimum atomic E-state index is 1.13. The first-order valence-corrected chi connectivity index (χ1v) is 7.68. The Labute approximate surface area is 106 Å². The Bertz CT molecular complexity index is 460. The smallest absolute Gasteiger partial charge is 0.0357 e. The number of aryl methyl sites for hydroxylation is 1. The molecule has 0 N–H and O–H groups in total. The molecule has 1 aromatic heterocycles. The number of halogens is 1. The zero-order valence-corrected chi connectivity index (χ0v) is 11.9. The molecular formula is C11H11IS2. The highest BCUT2D eigenvalue weighted by Crippen LogP contribution is 2.36. The lowest BCUT2D eigenvalue weighted by atomic mass is 10.1. The van der Waals surface area contributed by atoms with Crippen molar-refractivity contribution in [2.75, 3.05) is 6.26 Å². The van der Waals surface area contributed by atoms with Gasteiger partial charge in [-0.05, 0) is 58.3 Å². The quantitative estimate of drug-likeness (QED) is 0.562. The number of rotatable bonds is 2. The van der Waals surface area contributed by atoms with Gasteiger partial charge in [-0.1, -0.05) is 6.92 Å². The van der Waals surface area contributed by atoms with Crippen LogP contribution in [0.15, 0.2) is 22.4 Å². The molecule has 0 unspecified atom stereocenters. The SMILES string of the molecule is CCc1csc2ccc(I)c(SC)c12. The zero-order valence-electron chi connectivity index (χ0n) is 8.13. The van der Waals surface area contributed by atoms with E-state index in [0.29, 0.717) is 0 Å². The molecule has 74 valence electrons. The van der Waals surface area contributed by atoms with Gasteiger partial charge in [-0.2, -0.15) is 0 Å². The van der Waals surface area contributed by atoms with Crippen LogP contribution in [0, 0.1) is 3.57 Å². The molecule has 0 atom stereocenters. The van der Waals surface area contributed by atoms with Crippen molar-refractivity contribution in [2.45, 2.75) is 18.2 Å². The van der Waals surface area contributed by atoms with Gasteiger partial charge >= 0.3 is 0 Å². The van der Waals surface area contributed by atoms with Gasteiger partial charge in [0.25, 0.3) is 0 Å². The number of benzene rings is 1. The fourth-order valence-electron chi connectivity index (χ4n) is 1.59. The van der Waals surface area contributed by atoms with Crippen LogP contribution in [-0.4, -0.2) is 6.26 Å². The van der Waals surface area contributed by atoms with Crippen LogP contribution in [0.2, 0.25) is 0 Å². The van der Waals surface area contributed by atoms with E-state index in [1.807, 2.05) is 23.1 Å². The van der Waals surface area contributed by atoms with Gasteiger partial charge in [-0.25, -0.2) is 0 Å². The highest BCUT2D eigenvalue weighted by molar-refractivity contribution is 14.1. The summed E-state index contributed by atoms with van der Waals surface area (Å²) in [5.41, 5.74) is 1.49. The maximum atomic E-state index is 2.42. The molecule has 0 nitrogen and oxygen atoms in total. The van der Waals surface area contributed by atoms with Crippen LogP contribution in [0.5, 0.6) is 0 Å². The summed E-state index contributed by atoms with van der Waals surface area (Å²) < 4.78 is 2.79. The van der Waals surface area contributed by atoms with Crippen LogP contribution >= 0.6 is 45.7 Å². The summed E-state index contributed by atoms with van der Waals surface area (Å²) in [6, 6.07) is 4.45. The number of hydrogen-bond donors (Lipinski definition) is 0. The standard InChI is InChI=1S/C11H11IS2/c1-3-7-6-14-9-5-4-8(12)11(13-2)10(7)9/h4-6H,3H2,1-2H3. The number of thioether (sulfide) groups is 1. The molecule has 0 bridgehead atoms. The predicted octanol–water partition coefficient (Wildman–Crippen LogP) is 4.79. The second kappa shape index (κ2) is 4.41. The Morgan fingerprint density at radius 2 is 2.21 bits per heavy atom. The van der Waals surface area contributed by atoms with Gasteiger partial charge in [0.2, 0.25) is 0 Å². The molecule has 0 fully saturated rings. The minimum absolute atomic E-state index is 1.13. The molecule has 0 radical (unpaired) electrons. The number of fused-ring (bicyclic) bond motifs is 1. The van der Waals surface area contributed by atoms with Crippen LogP contribution in [0.4, 0.5) is 0 Å². The monoisotopic (exact) mass is 334 g/mol. The van der Waals surface area contributed by atoms with E-state index in [0.717, 1.165) is 6.42 Å². The molecule has 0 spiro atoms. The molecule has 1 heterocycles. The van der Waals surface area contributed by atoms with Crippen LogP contribution in [0.3, 0.4) is 0 Å². The van der Waals surface area contributed by atoms with Gasteiger partial charge in [-0.3, -0.25) is 0 Å². The van der Waals surface area contributed by atoms with Crippen molar-refractivity contribution >= 4 is 55.8 Å². The maximum Gasteiger partial charge on any atom is 0.0357 e. The highest BCUT2D eigenvalue weighted by Gasteiger charge is 2.09. The third kappa shape index (κ3) is 1.70. The predicted molar refractivity (Wildman–Crippen MR) is 75.7 cm³/mol. The Morgan fingerprint density at radius 3 is 2.86 bits per heavy atom. The van der Waals surface area contributed by atoms with Gasteiger partial charge in [0.1, 0.15) is 0 Å². The second-order valence-electron chi connectivity index (χ2n) is 3.07. The molecule has 0 aliphatic rings. The summed E-state index contributed by atoms with van der Waals surface area (Å²) in [4.78, 5) is 1.45. The van der Waals surface area contributed by atoms with E-state index in [1.165, 1.54) is 24.1 Å². The van der Waals surface area contributed by atoms with Gasteiger partial charge in [0.05, 0.1) is 0 Å². The molecule has 0 saturated heterocycles. The third-order valence-corrected chi connectivity index (χ3v) is 5.40. The zero-order chi connectivity index (χ0) is 10.1. The van der Waals surface area contributed by atoms with Gasteiger partial charge in [0.15, 0.2) is 0 Å². The molecular weight excluding hydrogens is 323 g/mol. The Kier molecular flexibility index (Phi) is 3.39. The molecule has 3 heteroatoms. The van der Waals surface area contributed by atoms with E-state index < -0.39 is 0 Å². The lowest BCUT2D eigenvalue weighted by Crippen LogP contribution is -1.83. The molecule has 1 aromatic carbocycles. The Hall–Kier alpha value is 0.260. The van der Waals surface area contributed by atoms with Gasteiger partial charge in [0, 0.05) is 18.6 Å². The highest BCUT2D eigenvalue weighted by atomic mass is 127. The van der Waals surface area contributed by atoms with Crippen molar-refractivity contribution in [1.82, 2.24) is 0 Å². The Morgan fingerprint density at radius 1 is 1.43 bits per heavy atom. The summed E-state index contributed by atoms with van der Waals surface area (Å²) in [6.45, 7) is 2.23. The summed E-state index contributed by atoms with van der Waals surface area (Å²) in [5.74, 6) is 0. The molecule has 0 aliphatic carbocycles. The van der Waals surface area contributed by atoms with E-state index in [9.17, 15) is 0 Å². The van der Waals surface area contributed by atoms with Crippen molar-refractivity contribution in [3.8, 4) is 0 Å². The van der Waals surface area contributed by atoms with Crippen LogP contribution in [0.25, 0.3) is 10.1 Å². The lowest BCUT2D eigenvalue weighted by Gasteiger charge is -2.04. The average Bonchev–Trinajstić information content (AvgIpc) is 2.61. The minimum Gasteiger partial charge on any atom is -0.143 e. The lowest BCUT2D eigenvalue weighted by molar-refractivity contribution is 1.16.